The van der Waals surface area contributed by atoms with E-state index in [2.05, 4.69) is 22.9 Å². The molecule has 2 aromatic rings. The largest absolute Gasteiger partial charge is 0.299 e. The van der Waals surface area contributed by atoms with Crippen molar-refractivity contribution in [2.75, 3.05) is 24.5 Å². The van der Waals surface area contributed by atoms with E-state index in [4.69, 9.17) is 9.97 Å². The van der Waals surface area contributed by atoms with Crippen molar-refractivity contribution in [1.29, 1.82) is 0 Å². The smallest absolute Gasteiger partial charge is 0.228 e. The van der Waals surface area contributed by atoms with Crippen molar-refractivity contribution >= 4 is 11.7 Å². The zero-order chi connectivity index (χ0) is 21.9. The van der Waals surface area contributed by atoms with Crippen LogP contribution >= 0.6 is 0 Å². The molecule has 0 radical (unpaired) electrons. The Kier molecular flexibility index (Phi) is 6.49. The molecule has 6 nitrogen and oxygen atoms in total. The lowest BCUT2D eigenvalue weighted by atomic mass is 9.88. The summed E-state index contributed by atoms with van der Waals surface area (Å²) in [6.07, 6.45) is 13.7. The average molecular weight is 434 g/mol. The van der Waals surface area contributed by atoms with Crippen molar-refractivity contribution in [2.45, 2.75) is 77.2 Å². The Labute approximate surface area is 191 Å². The number of nitrogens with zero attached hydrogens (tertiary/aromatic N) is 5. The third kappa shape index (κ3) is 4.70. The summed E-state index contributed by atoms with van der Waals surface area (Å²) >= 11 is 0. The first-order chi connectivity index (χ1) is 15.7. The molecular weight excluding hydrogens is 398 g/mol. The number of aryl methyl sites for hydroxylation is 1. The summed E-state index contributed by atoms with van der Waals surface area (Å²) in [5, 5.41) is 0. The second-order valence-corrected chi connectivity index (χ2v) is 9.89. The van der Waals surface area contributed by atoms with Gasteiger partial charge in [0.25, 0.3) is 0 Å². The molecule has 0 bridgehead atoms. The second-order valence-electron chi connectivity index (χ2n) is 9.89. The maximum atomic E-state index is 12.9. The minimum atomic E-state index is 0.249. The fourth-order valence-electron chi connectivity index (χ4n) is 5.70. The van der Waals surface area contributed by atoms with Gasteiger partial charge in [0.1, 0.15) is 11.6 Å². The van der Waals surface area contributed by atoms with Crippen LogP contribution in [0.25, 0.3) is 0 Å². The molecule has 1 amide bonds. The highest BCUT2D eigenvalue weighted by atomic mass is 16.2. The Morgan fingerprint density at radius 3 is 2.59 bits per heavy atom. The summed E-state index contributed by atoms with van der Waals surface area (Å²) < 4.78 is 0. The summed E-state index contributed by atoms with van der Waals surface area (Å²) in [6.45, 7) is 5.99. The quantitative estimate of drug-likeness (QED) is 0.699. The van der Waals surface area contributed by atoms with Gasteiger partial charge in [-0.3, -0.25) is 19.6 Å². The van der Waals surface area contributed by atoms with Gasteiger partial charge in [0.15, 0.2) is 0 Å². The van der Waals surface area contributed by atoms with Crippen LogP contribution in [0.5, 0.6) is 0 Å². The standard InChI is InChI=1S/C26H35N5O/c1-19-23-9-10-24(32)31(18-20-6-3-2-4-7-20)26(23)29-25(28-19)22-11-14-30(15-12-22)17-21-8-5-13-27-16-21/h5,8,13,16,20,22H,2-4,6-7,9-12,14-15,17-18H2,1H3. The van der Waals surface area contributed by atoms with Gasteiger partial charge in [-0.05, 0) is 69.7 Å². The third-order valence-corrected chi connectivity index (χ3v) is 7.60. The van der Waals surface area contributed by atoms with Crippen molar-refractivity contribution in [2.24, 2.45) is 5.92 Å². The Morgan fingerprint density at radius 1 is 1.03 bits per heavy atom. The van der Waals surface area contributed by atoms with Gasteiger partial charge in [-0.2, -0.15) is 0 Å². The van der Waals surface area contributed by atoms with Crippen LogP contribution in [0.1, 0.15) is 79.9 Å². The molecule has 170 valence electrons. The topological polar surface area (TPSA) is 62.2 Å². The molecule has 0 aromatic carbocycles. The number of aromatic nitrogens is 3. The van der Waals surface area contributed by atoms with Gasteiger partial charge in [-0.15, -0.1) is 0 Å². The Bertz CT molecular complexity index is 933. The van der Waals surface area contributed by atoms with Crippen LogP contribution in [-0.4, -0.2) is 45.4 Å². The van der Waals surface area contributed by atoms with E-state index in [0.717, 1.165) is 62.8 Å². The molecule has 32 heavy (non-hydrogen) atoms. The molecule has 2 fully saturated rings. The minimum Gasteiger partial charge on any atom is -0.299 e. The van der Waals surface area contributed by atoms with E-state index >= 15 is 0 Å². The van der Waals surface area contributed by atoms with Crippen molar-refractivity contribution in [3.05, 3.63) is 47.2 Å². The van der Waals surface area contributed by atoms with E-state index in [0.29, 0.717) is 18.3 Å². The van der Waals surface area contributed by atoms with E-state index in [9.17, 15) is 4.79 Å². The Balaban J connectivity index is 1.30. The van der Waals surface area contributed by atoms with Crippen molar-refractivity contribution in [3.8, 4) is 0 Å². The molecule has 1 saturated carbocycles. The predicted octanol–water partition coefficient (Wildman–Crippen LogP) is 4.42. The molecule has 5 rings (SSSR count). The van der Waals surface area contributed by atoms with Crippen LogP contribution in [0.4, 0.5) is 5.82 Å². The van der Waals surface area contributed by atoms with E-state index < -0.39 is 0 Å². The number of carbonyl (C=O) groups excluding carboxylic acids is 1. The Morgan fingerprint density at radius 2 is 1.84 bits per heavy atom. The maximum Gasteiger partial charge on any atom is 0.228 e. The van der Waals surface area contributed by atoms with Gasteiger partial charge in [0.2, 0.25) is 5.91 Å². The molecule has 2 aromatic heterocycles. The molecule has 2 aliphatic heterocycles. The number of piperidine rings is 1. The van der Waals surface area contributed by atoms with Gasteiger partial charge in [0.05, 0.1) is 0 Å². The zero-order valence-corrected chi connectivity index (χ0v) is 19.3. The van der Waals surface area contributed by atoms with Crippen molar-refractivity contribution in [1.82, 2.24) is 19.9 Å². The summed E-state index contributed by atoms with van der Waals surface area (Å²) in [5.74, 6) is 3.11. The molecule has 1 aliphatic carbocycles. The lowest BCUT2D eigenvalue weighted by molar-refractivity contribution is -0.119. The lowest BCUT2D eigenvalue weighted by Gasteiger charge is -2.35. The highest BCUT2D eigenvalue weighted by Gasteiger charge is 2.32. The number of carbonyl (C=O) groups is 1. The van der Waals surface area contributed by atoms with Gasteiger partial charge in [-0.25, -0.2) is 9.97 Å². The van der Waals surface area contributed by atoms with E-state index in [-0.39, 0.29) is 5.91 Å². The third-order valence-electron chi connectivity index (χ3n) is 7.60. The molecule has 1 saturated heterocycles. The summed E-state index contributed by atoms with van der Waals surface area (Å²) in [7, 11) is 0. The van der Waals surface area contributed by atoms with Crippen LogP contribution in [0, 0.1) is 12.8 Å². The van der Waals surface area contributed by atoms with Gasteiger partial charge < -0.3 is 0 Å². The van der Waals surface area contributed by atoms with Crippen LogP contribution < -0.4 is 4.90 Å². The number of amides is 1. The molecular formula is C26H35N5O. The van der Waals surface area contributed by atoms with Gasteiger partial charge in [-0.1, -0.05) is 25.3 Å². The number of rotatable bonds is 5. The number of pyridine rings is 1. The molecule has 0 atom stereocenters. The Hall–Kier alpha value is -2.34. The fraction of sp³-hybridized carbons (Fsp3) is 0.615. The molecule has 3 aliphatic rings. The molecule has 6 heteroatoms. The first-order valence-corrected chi connectivity index (χ1v) is 12.5. The maximum absolute atomic E-state index is 12.9. The fourth-order valence-corrected chi connectivity index (χ4v) is 5.70. The number of hydrogen-bond acceptors (Lipinski definition) is 5. The van der Waals surface area contributed by atoms with E-state index in [1.165, 1.54) is 43.2 Å². The van der Waals surface area contributed by atoms with Crippen LogP contribution in [0.2, 0.25) is 0 Å². The predicted molar refractivity (Wildman–Crippen MR) is 126 cm³/mol. The second kappa shape index (κ2) is 9.65. The van der Waals surface area contributed by atoms with E-state index in [1.807, 2.05) is 23.4 Å². The SMILES string of the molecule is Cc1nc(C2CCN(Cc3cccnc3)CC2)nc2c1CCC(=O)N2CC1CCCCC1. The number of fused-ring (bicyclic) bond motifs is 1. The van der Waals surface area contributed by atoms with Gasteiger partial charge in [0, 0.05) is 49.1 Å². The highest BCUT2D eigenvalue weighted by Crippen LogP contribution is 2.34. The normalized spacial score (nSPS) is 21.0. The first-order valence-electron chi connectivity index (χ1n) is 12.5. The number of likely N-dealkylation sites (tertiary alicyclic amines) is 1. The number of hydrogen-bond donors (Lipinski definition) is 0. The molecule has 0 unspecified atom stereocenters. The summed E-state index contributed by atoms with van der Waals surface area (Å²) in [6, 6.07) is 4.15. The zero-order valence-electron chi connectivity index (χ0n) is 19.3. The highest BCUT2D eigenvalue weighted by molar-refractivity contribution is 5.95. The first kappa shape index (κ1) is 21.5. The van der Waals surface area contributed by atoms with E-state index in [1.54, 1.807) is 0 Å². The van der Waals surface area contributed by atoms with Crippen LogP contribution in [0.3, 0.4) is 0 Å². The average Bonchev–Trinajstić information content (AvgIpc) is 2.83. The lowest BCUT2D eigenvalue weighted by Crippen LogP contribution is -2.41. The summed E-state index contributed by atoms with van der Waals surface area (Å²) in [5.41, 5.74) is 3.53. The minimum absolute atomic E-state index is 0.249. The molecule has 4 heterocycles. The van der Waals surface area contributed by atoms with Crippen LogP contribution in [-0.2, 0) is 17.8 Å². The summed E-state index contributed by atoms with van der Waals surface area (Å²) in [4.78, 5) is 31.7. The van der Waals surface area contributed by atoms with Crippen LogP contribution in [0.15, 0.2) is 24.5 Å². The molecule has 0 N–H and O–H groups in total. The van der Waals surface area contributed by atoms with Gasteiger partial charge >= 0.3 is 0 Å². The number of anilines is 1. The monoisotopic (exact) mass is 433 g/mol. The van der Waals surface area contributed by atoms with Crippen molar-refractivity contribution in [3.63, 3.8) is 0 Å². The molecule has 0 spiro atoms. The van der Waals surface area contributed by atoms with Crippen molar-refractivity contribution < 1.29 is 4.79 Å².